The molecule has 0 saturated carbocycles. The zero-order chi connectivity index (χ0) is 13.2. The molecule has 1 aromatic heterocycles. The number of aryl methyl sites for hydroxylation is 2. The number of rotatable bonds is 2. The Labute approximate surface area is 114 Å². The summed E-state index contributed by atoms with van der Waals surface area (Å²) in [5.74, 6) is 1.45. The van der Waals surface area contributed by atoms with E-state index in [-0.39, 0.29) is 0 Å². The van der Waals surface area contributed by atoms with E-state index in [0.717, 1.165) is 36.7 Å². The maximum Gasteiger partial charge on any atom is 0.133 e. The first-order valence-electron chi connectivity index (χ1n) is 6.86. The summed E-state index contributed by atoms with van der Waals surface area (Å²) in [6.45, 7) is 6.23. The third kappa shape index (κ3) is 2.66. The largest absolute Gasteiger partial charge is 0.316 e. The highest BCUT2D eigenvalue weighted by atomic mass is 15.0. The molecule has 2 aromatic rings. The highest BCUT2D eigenvalue weighted by Crippen LogP contribution is 2.24. The third-order valence-electron chi connectivity index (χ3n) is 3.61. The fourth-order valence-corrected chi connectivity index (χ4v) is 2.60. The van der Waals surface area contributed by atoms with Crippen molar-refractivity contribution in [2.45, 2.75) is 26.2 Å². The van der Waals surface area contributed by atoms with Gasteiger partial charge in [0.1, 0.15) is 5.82 Å². The Morgan fingerprint density at radius 3 is 2.79 bits per heavy atom. The van der Waals surface area contributed by atoms with Crippen LogP contribution in [-0.4, -0.2) is 23.1 Å². The van der Waals surface area contributed by atoms with Crippen molar-refractivity contribution in [1.29, 1.82) is 0 Å². The quantitative estimate of drug-likeness (QED) is 0.894. The molecule has 98 valence electrons. The van der Waals surface area contributed by atoms with E-state index in [1.807, 2.05) is 6.92 Å². The zero-order valence-electron chi connectivity index (χ0n) is 11.5. The molecule has 19 heavy (non-hydrogen) atoms. The van der Waals surface area contributed by atoms with Crippen molar-refractivity contribution in [2.75, 3.05) is 13.1 Å². The topological polar surface area (TPSA) is 37.8 Å². The van der Waals surface area contributed by atoms with Crippen LogP contribution in [-0.2, 0) is 0 Å². The molecule has 0 radical (unpaired) electrons. The Balaban J connectivity index is 2.01. The van der Waals surface area contributed by atoms with E-state index >= 15 is 0 Å². The predicted molar refractivity (Wildman–Crippen MR) is 77.2 cm³/mol. The van der Waals surface area contributed by atoms with Crippen molar-refractivity contribution in [3.63, 3.8) is 0 Å². The number of aromatic nitrogens is 2. The van der Waals surface area contributed by atoms with E-state index in [1.54, 1.807) is 0 Å². The van der Waals surface area contributed by atoms with E-state index in [4.69, 9.17) is 4.98 Å². The molecule has 1 fully saturated rings. The van der Waals surface area contributed by atoms with Gasteiger partial charge < -0.3 is 5.32 Å². The lowest BCUT2D eigenvalue weighted by molar-refractivity contribution is 0.698. The van der Waals surface area contributed by atoms with Gasteiger partial charge in [-0.2, -0.15) is 0 Å². The van der Waals surface area contributed by atoms with Crippen molar-refractivity contribution in [3.8, 4) is 11.3 Å². The summed E-state index contributed by atoms with van der Waals surface area (Å²) in [7, 11) is 0. The molecule has 2 heterocycles. The van der Waals surface area contributed by atoms with Crippen molar-refractivity contribution < 1.29 is 0 Å². The second kappa shape index (κ2) is 5.10. The van der Waals surface area contributed by atoms with Gasteiger partial charge in [-0.3, -0.25) is 0 Å². The molecule has 0 bridgehead atoms. The average Bonchev–Trinajstić information content (AvgIpc) is 2.92. The summed E-state index contributed by atoms with van der Waals surface area (Å²) in [5, 5.41) is 3.38. The maximum atomic E-state index is 4.78. The summed E-state index contributed by atoms with van der Waals surface area (Å²) in [5.41, 5.74) is 4.53. The average molecular weight is 253 g/mol. The van der Waals surface area contributed by atoms with Crippen LogP contribution in [0.25, 0.3) is 11.3 Å². The predicted octanol–water partition coefficient (Wildman–Crippen LogP) is 2.84. The highest BCUT2D eigenvalue weighted by Gasteiger charge is 2.20. The molecule has 0 aliphatic carbocycles. The Hall–Kier alpha value is -1.74. The van der Waals surface area contributed by atoms with E-state index in [1.165, 1.54) is 11.1 Å². The van der Waals surface area contributed by atoms with E-state index in [9.17, 15) is 0 Å². The summed E-state index contributed by atoms with van der Waals surface area (Å²) in [6, 6.07) is 10.6. The van der Waals surface area contributed by atoms with Gasteiger partial charge in [0.05, 0.1) is 5.69 Å². The molecule has 1 aromatic carbocycles. The van der Waals surface area contributed by atoms with Crippen LogP contribution in [0.3, 0.4) is 0 Å². The summed E-state index contributed by atoms with van der Waals surface area (Å²) < 4.78 is 0. The molecule has 0 spiro atoms. The van der Waals surface area contributed by atoms with Gasteiger partial charge in [-0.15, -0.1) is 0 Å². The van der Waals surface area contributed by atoms with Gasteiger partial charge in [0.15, 0.2) is 0 Å². The van der Waals surface area contributed by atoms with Crippen molar-refractivity contribution in [2.24, 2.45) is 0 Å². The van der Waals surface area contributed by atoms with E-state index in [0.29, 0.717) is 5.92 Å². The first-order chi connectivity index (χ1) is 9.22. The molecule has 1 aliphatic rings. The third-order valence-corrected chi connectivity index (χ3v) is 3.61. The fourth-order valence-electron chi connectivity index (χ4n) is 2.60. The Morgan fingerprint density at radius 2 is 2.05 bits per heavy atom. The number of hydrogen-bond donors (Lipinski definition) is 1. The SMILES string of the molecule is Cc1cccc(-c2cc(C)nc(C3CCNC3)n2)c1. The molecule has 3 nitrogen and oxygen atoms in total. The minimum atomic E-state index is 0.462. The first kappa shape index (κ1) is 12.3. The van der Waals surface area contributed by atoms with Crippen LogP contribution in [0, 0.1) is 13.8 Å². The summed E-state index contributed by atoms with van der Waals surface area (Å²) in [6.07, 6.45) is 1.14. The lowest BCUT2D eigenvalue weighted by Crippen LogP contribution is -2.11. The van der Waals surface area contributed by atoms with Gasteiger partial charge in [-0.05, 0) is 38.9 Å². The minimum Gasteiger partial charge on any atom is -0.316 e. The van der Waals surface area contributed by atoms with Crippen LogP contribution in [0.5, 0.6) is 0 Å². The van der Waals surface area contributed by atoms with Gasteiger partial charge in [0.2, 0.25) is 0 Å². The van der Waals surface area contributed by atoms with Gasteiger partial charge >= 0.3 is 0 Å². The molecular formula is C16H19N3. The van der Waals surface area contributed by atoms with Gasteiger partial charge in [-0.25, -0.2) is 9.97 Å². The van der Waals surface area contributed by atoms with E-state index in [2.05, 4.69) is 47.6 Å². The molecule has 1 aliphatic heterocycles. The standard InChI is InChI=1S/C16H19N3/c1-11-4-3-5-13(8-11)15-9-12(2)18-16(19-15)14-6-7-17-10-14/h3-5,8-9,14,17H,6-7,10H2,1-2H3. The number of benzene rings is 1. The normalized spacial score (nSPS) is 18.7. The van der Waals surface area contributed by atoms with Crippen LogP contribution < -0.4 is 5.32 Å². The molecule has 1 unspecified atom stereocenters. The van der Waals surface area contributed by atoms with Crippen molar-refractivity contribution in [3.05, 3.63) is 47.4 Å². The van der Waals surface area contributed by atoms with Gasteiger partial charge in [0, 0.05) is 23.7 Å². The fraction of sp³-hybridized carbons (Fsp3) is 0.375. The van der Waals surface area contributed by atoms with Crippen molar-refractivity contribution >= 4 is 0 Å². The lowest BCUT2D eigenvalue weighted by atomic mass is 10.1. The molecule has 3 rings (SSSR count). The zero-order valence-corrected chi connectivity index (χ0v) is 11.5. The Kier molecular flexibility index (Phi) is 3.30. The van der Waals surface area contributed by atoms with Crippen LogP contribution >= 0.6 is 0 Å². The van der Waals surface area contributed by atoms with Crippen LogP contribution in [0.4, 0.5) is 0 Å². The smallest absolute Gasteiger partial charge is 0.133 e. The van der Waals surface area contributed by atoms with E-state index < -0.39 is 0 Å². The molecule has 1 N–H and O–H groups in total. The number of nitrogens with one attached hydrogen (secondary N) is 1. The van der Waals surface area contributed by atoms with Crippen LogP contribution in [0.1, 0.15) is 29.4 Å². The summed E-state index contributed by atoms with van der Waals surface area (Å²) in [4.78, 5) is 9.39. The summed E-state index contributed by atoms with van der Waals surface area (Å²) >= 11 is 0. The second-order valence-corrected chi connectivity index (χ2v) is 5.31. The lowest BCUT2D eigenvalue weighted by Gasteiger charge is -2.10. The van der Waals surface area contributed by atoms with Crippen LogP contribution in [0.2, 0.25) is 0 Å². The maximum absolute atomic E-state index is 4.78. The number of hydrogen-bond acceptors (Lipinski definition) is 3. The molecule has 3 heteroatoms. The molecule has 0 amide bonds. The monoisotopic (exact) mass is 253 g/mol. The van der Waals surface area contributed by atoms with Crippen LogP contribution in [0.15, 0.2) is 30.3 Å². The second-order valence-electron chi connectivity index (χ2n) is 5.31. The molecular weight excluding hydrogens is 234 g/mol. The molecule has 1 atom stereocenters. The first-order valence-corrected chi connectivity index (χ1v) is 6.86. The Morgan fingerprint density at radius 1 is 1.16 bits per heavy atom. The Bertz CT molecular complexity index is 586. The van der Waals surface area contributed by atoms with Crippen molar-refractivity contribution in [1.82, 2.24) is 15.3 Å². The van der Waals surface area contributed by atoms with Gasteiger partial charge in [0.25, 0.3) is 0 Å². The highest BCUT2D eigenvalue weighted by molar-refractivity contribution is 5.60. The molecule has 1 saturated heterocycles. The van der Waals surface area contributed by atoms with Gasteiger partial charge in [-0.1, -0.05) is 23.8 Å². The number of nitrogens with zero attached hydrogens (tertiary/aromatic N) is 2. The minimum absolute atomic E-state index is 0.462.